The Morgan fingerprint density at radius 2 is 1.87 bits per heavy atom. The van der Waals surface area contributed by atoms with Gasteiger partial charge in [-0.15, -0.1) is 0 Å². The third kappa shape index (κ3) is 2.44. The number of rotatable bonds is 3. The number of hydrogen-bond donors (Lipinski definition) is 0. The van der Waals surface area contributed by atoms with Crippen LogP contribution in [0, 0.1) is 12.7 Å². The van der Waals surface area contributed by atoms with Gasteiger partial charge in [-0.25, -0.2) is 9.18 Å². The van der Waals surface area contributed by atoms with Gasteiger partial charge in [0.15, 0.2) is 11.6 Å². The van der Waals surface area contributed by atoms with Gasteiger partial charge in [0.05, 0.1) is 25.2 Å². The van der Waals surface area contributed by atoms with Crippen LogP contribution in [-0.2, 0) is 0 Å². The molecule has 3 aromatic rings. The Hall–Kier alpha value is -2.82. The molecule has 0 spiro atoms. The van der Waals surface area contributed by atoms with Crippen LogP contribution in [0.5, 0.6) is 11.5 Å². The van der Waals surface area contributed by atoms with Gasteiger partial charge in [0.2, 0.25) is 0 Å². The van der Waals surface area contributed by atoms with Crippen molar-refractivity contribution in [2.45, 2.75) is 6.92 Å². The van der Waals surface area contributed by atoms with E-state index in [1.165, 1.54) is 19.2 Å². The van der Waals surface area contributed by atoms with Gasteiger partial charge in [-0.05, 0) is 42.3 Å². The SMILES string of the molecule is COc1cccc(-c2c(C)c3c(F)c(OC)ccc3oc2=O)c1. The van der Waals surface area contributed by atoms with Gasteiger partial charge >= 0.3 is 5.63 Å². The van der Waals surface area contributed by atoms with E-state index in [0.29, 0.717) is 22.4 Å². The molecule has 118 valence electrons. The molecule has 0 bridgehead atoms. The minimum absolute atomic E-state index is 0.103. The first-order chi connectivity index (χ1) is 11.1. The summed E-state index contributed by atoms with van der Waals surface area (Å²) in [5.41, 5.74) is 1.09. The van der Waals surface area contributed by atoms with Crippen LogP contribution in [0.2, 0.25) is 0 Å². The maximum Gasteiger partial charge on any atom is 0.344 e. The quantitative estimate of drug-likeness (QED) is 0.687. The van der Waals surface area contributed by atoms with Gasteiger partial charge in [-0.3, -0.25) is 0 Å². The number of benzene rings is 2. The zero-order chi connectivity index (χ0) is 16.6. The number of hydrogen-bond acceptors (Lipinski definition) is 4. The van der Waals surface area contributed by atoms with E-state index in [0.717, 1.165) is 0 Å². The molecule has 0 aliphatic heterocycles. The predicted octanol–water partition coefficient (Wildman–Crippen LogP) is 3.92. The monoisotopic (exact) mass is 314 g/mol. The molecule has 3 rings (SSSR count). The van der Waals surface area contributed by atoms with Crippen LogP contribution in [0.3, 0.4) is 0 Å². The van der Waals surface area contributed by atoms with Crippen LogP contribution >= 0.6 is 0 Å². The number of aryl methyl sites for hydroxylation is 1. The summed E-state index contributed by atoms with van der Waals surface area (Å²) in [4.78, 5) is 12.4. The summed E-state index contributed by atoms with van der Waals surface area (Å²) in [6, 6.07) is 9.96. The van der Waals surface area contributed by atoms with Gasteiger partial charge in [0, 0.05) is 0 Å². The molecular formula is C18H15FO4. The summed E-state index contributed by atoms with van der Waals surface area (Å²) >= 11 is 0. The molecule has 0 amide bonds. The zero-order valence-electron chi connectivity index (χ0n) is 13.0. The van der Waals surface area contributed by atoms with Crippen LogP contribution in [0.1, 0.15) is 5.56 Å². The lowest BCUT2D eigenvalue weighted by Crippen LogP contribution is -2.07. The van der Waals surface area contributed by atoms with E-state index in [2.05, 4.69) is 0 Å². The molecule has 23 heavy (non-hydrogen) atoms. The molecule has 0 aliphatic carbocycles. The van der Waals surface area contributed by atoms with Crippen molar-refractivity contribution in [2.24, 2.45) is 0 Å². The maximum absolute atomic E-state index is 14.6. The van der Waals surface area contributed by atoms with E-state index in [-0.39, 0.29) is 16.7 Å². The van der Waals surface area contributed by atoms with Crippen LogP contribution in [0.25, 0.3) is 22.1 Å². The van der Waals surface area contributed by atoms with E-state index < -0.39 is 11.4 Å². The van der Waals surface area contributed by atoms with Crippen molar-refractivity contribution >= 4 is 11.0 Å². The third-order valence-electron chi connectivity index (χ3n) is 3.80. The molecule has 0 N–H and O–H groups in total. The first-order valence-corrected chi connectivity index (χ1v) is 7.01. The minimum atomic E-state index is -0.546. The van der Waals surface area contributed by atoms with Gasteiger partial charge in [-0.1, -0.05) is 12.1 Å². The fourth-order valence-corrected chi connectivity index (χ4v) is 2.67. The molecule has 2 aromatic carbocycles. The lowest BCUT2D eigenvalue weighted by molar-refractivity contribution is 0.388. The van der Waals surface area contributed by atoms with E-state index >= 15 is 0 Å². The average molecular weight is 314 g/mol. The summed E-state index contributed by atoms with van der Waals surface area (Å²) in [7, 11) is 2.93. The third-order valence-corrected chi connectivity index (χ3v) is 3.80. The second kappa shape index (κ2) is 5.76. The average Bonchev–Trinajstić information content (AvgIpc) is 2.55. The van der Waals surface area contributed by atoms with Gasteiger partial charge < -0.3 is 13.9 Å². The van der Waals surface area contributed by atoms with Crippen molar-refractivity contribution in [3.63, 3.8) is 0 Å². The highest BCUT2D eigenvalue weighted by Gasteiger charge is 2.18. The maximum atomic E-state index is 14.6. The Labute approximate surface area is 132 Å². The van der Waals surface area contributed by atoms with Crippen molar-refractivity contribution in [3.8, 4) is 22.6 Å². The molecule has 4 nitrogen and oxygen atoms in total. The summed E-state index contributed by atoms with van der Waals surface area (Å²) in [5.74, 6) is 0.161. The largest absolute Gasteiger partial charge is 0.497 e. The van der Waals surface area contributed by atoms with Crippen molar-refractivity contribution in [1.82, 2.24) is 0 Å². The highest BCUT2D eigenvalue weighted by atomic mass is 19.1. The summed E-state index contributed by atoms with van der Waals surface area (Å²) in [5, 5.41) is 0.238. The summed E-state index contributed by atoms with van der Waals surface area (Å²) < 4.78 is 30.1. The first-order valence-electron chi connectivity index (χ1n) is 7.01. The minimum Gasteiger partial charge on any atom is -0.497 e. The second-order valence-electron chi connectivity index (χ2n) is 5.08. The molecule has 0 unspecified atom stereocenters. The smallest absolute Gasteiger partial charge is 0.344 e. The number of halogens is 1. The van der Waals surface area contributed by atoms with E-state index in [9.17, 15) is 9.18 Å². The Balaban J connectivity index is 2.37. The van der Waals surface area contributed by atoms with Crippen molar-refractivity contribution in [1.29, 1.82) is 0 Å². The van der Waals surface area contributed by atoms with Crippen molar-refractivity contribution in [3.05, 3.63) is 58.2 Å². The molecule has 0 saturated heterocycles. The number of ether oxygens (including phenoxy) is 2. The lowest BCUT2D eigenvalue weighted by atomic mass is 9.99. The first kappa shape index (κ1) is 15.1. The summed E-state index contributed by atoms with van der Waals surface area (Å²) in [6.45, 7) is 1.69. The molecule has 0 fully saturated rings. The van der Waals surface area contributed by atoms with Crippen LogP contribution < -0.4 is 15.1 Å². The Bertz CT molecular complexity index is 944. The molecule has 0 atom stereocenters. The van der Waals surface area contributed by atoms with Gasteiger partial charge in [0.1, 0.15) is 11.3 Å². The van der Waals surface area contributed by atoms with E-state index in [1.54, 1.807) is 38.3 Å². The Morgan fingerprint density at radius 1 is 1.09 bits per heavy atom. The molecule has 0 saturated carbocycles. The van der Waals surface area contributed by atoms with Crippen LogP contribution in [0.4, 0.5) is 4.39 Å². The van der Waals surface area contributed by atoms with Crippen molar-refractivity contribution < 1.29 is 18.3 Å². The molecule has 0 aliphatic rings. The standard InChI is InChI=1S/C18H15FO4/c1-10-15(11-5-4-6-12(9-11)21-2)18(20)23-13-7-8-14(22-3)17(19)16(10)13/h4-9H,1-3H3. The molecule has 1 heterocycles. The Morgan fingerprint density at radius 3 is 2.57 bits per heavy atom. The van der Waals surface area contributed by atoms with E-state index in [1.807, 2.05) is 0 Å². The van der Waals surface area contributed by atoms with Gasteiger partial charge in [-0.2, -0.15) is 0 Å². The molecule has 1 aromatic heterocycles. The topological polar surface area (TPSA) is 48.7 Å². The summed E-state index contributed by atoms with van der Waals surface area (Å²) in [6.07, 6.45) is 0. The Kier molecular flexibility index (Phi) is 3.78. The molecule has 5 heteroatoms. The molecular weight excluding hydrogens is 299 g/mol. The van der Waals surface area contributed by atoms with Gasteiger partial charge in [0.25, 0.3) is 0 Å². The normalized spacial score (nSPS) is 10.8. The zero-order valence-corrected chi connectivity index (χ0v) is 13.0. The second-order valence-corrected chi connectivity index (χ2v) is 5.08. The fourth-order valence-electron chi connectivity index (χ4n) is 2.67. The highest BCUT2D eigenvalue weighted by Crippen LogP contribution is 2.33. The highest BCUT2D eigenvalue weighted by molar-refractivity contribution is 5.88. The van der Waals surface area contributed by atoms with E-state index in [4.69, 9.17) is 13.9 Å². The van der Waals surface area contributed by atoms with Crippen LogP contribution in [-0.4, -0.2) is 14.2 Å². The van der Waals surface area contributed by atoms with Crippen LogP contribution in [0.15, 0.2) is 45.6 Å². The van der Waals surface area contributed by atoms with Crippen molar-refractivity contribution in [2.75, 3.05) is 14.2 Å². The molecule has 0 radical (unpaired) electrons. The predicted molar refractivity (Wildman–Crippen MR) is 85.7 cm³/mol. The number of fused-ring (bicyclic) bond motifs is 1. The number of methoxy groups -OCH3 is 2. The fraction of sp³-hybridized carbons (Fsp3) is 0.167. The lowest BCUT2D eigenvalue weighted by Gasteiger charge is -2.11.